The highest BCUT2D eigenvalue weighted by Crippen LogP contribution is 2.46. The molecule has 43 heavy (non-hydrogen) atoms. The molecule has 2 amide bonds. The minimum absolute atomic E-state index is 0.0267. The molecule has 236 valence electrons. The van der Waals surface area contributed by atoms with E-state index in [1.54, 1.807) is 17.9 Å². The minimum Gasteiger partial charge on any atom is -0.381 e. The van der Waals surface area contributed by atoms with Crippen molar-refractivity contribution in [2.75, 3.05) is 39.9 Å². The highest BCUT2D eigenvalue weighted by molar-refractivity contribution is 5.75. The smallest absolute Gasteiger partial charge is 0.381 e. The van der Waals surface area contributed by atoms with Gasteiger partial charge in [0.05, 0.1) is 23.2 Å². The van der Waals surface area contributed by atoms with Crippen LogP contribution < -0.4 is 0 Å². The van der Waals surface area contributed by atoms with Crippen LogP contribution in [0.1, 0.15) is 66.1 Å². The molecule has 0 aliphatic carbocycles. The summed E-state index contributed by atoms with van der Waals surface area (Å²) in [7, 11) is 1.39. The zero-order valence-corrected chi connectivity index (χ0v) is 24.3. The predicted octanol–water partition coefficient (Wildman–Crippen LogP) is 7.46. The van der Waals surface area contributed by atoms with E-state index in [4.69, 9.17) is 4.74 Å². The molecule has 0 spiro atoms. The third kappa shape index (κ3) is 6.50. The monoisotopic (exact) mass is 615 g/mol. The van der Waals surface area contributed by atoms with Gasteiger partial charge in [0.1, 0.15) is 5.82 Å². The molecule has 3 heterocycles. The second-order valence-electron chi connectivity index (χ2n) is 12.1. The number of carbonyl (C=O) groups is 1. The maximum absolute atomic E-state index is 14.1. The number of urea groups is 1. The second kappa shape index (κ2) is 11.9. The van der Waals surface area contributed by atoms with Gasteiger partial charge < -0.3 is 14.5 Å². The first-order chi connectivity index (χ1) is 20.1. The van der Waals surface area contributed by atoms with E-state index < -0.39 is 47.4 Å². The fourth-order valence-corrected chi connectivity index (χ4v) is 7.01. The van der Waals surface area contributed by atoms with Crippen molar-refractivity contribution in [2.45, 2.75) is 63.6 Å². The van der Waals surface area contributed by atoms with Crippen molar-refractivity contribution in [1.82, 2.24) is 14.7 Å². The van der Waals surface area contributed by atoms with Crippen LogP contribution in [0.25, 0.3) is 0 Å². The van der Waals surface area contributed by atoms with Crippen molar-refractivity contribution in [1.29, 1.82) is 0 Å². The van der Waals surface area contributed by atoms with Gasteiger partial charge in [0.25, 0.3) is 0 Å². The van der Waals surface area contributed by atoms with E-state index in [1.807, 2.05) is 0 Å². The largest absolute Gasteiger partial charge is 0.416 e. The fraction of sp³-hybridized carbons (Fsp3) is 0.581. The molecule has 0 bridgehead atoms. The highest BCUT2D eigenvalue weighted by atomic mass is 19.4. The summed E-state index contributed by atoms with van der Waals surface area (Å²) in [6.45, 7) is 6.53. The lowest BCUT2D eigenvalue weighted by atomic mass is 9.78. The van der Waals surface area contributed by atoms with Crippen LogP contribution in [0.15, 0.2) is 36.4 Å². The van der Waals surface area contributed by atoms with Gasteiger partial charge in [-0.3, -0.25) is 4.90 Å². The van der Waals surface area contributed by atoms with Crippen LogP contribution in [0.5, 0.6) is 0 Å². The molecular formula is C31H36F7N3O2. The lowest BCUT2D eigenvalue weighted by molar-refractivity contribution is -0.143. The molecule has 2 aromatic rings. The van der Waals surface area contributed by atoms with Crippen molar-refractivity contribution in [3.05, 3.63) is 70.0 Å². The number of nitrogens with zero attached hydrogens (tertiary/aromatic N) is 3. The van der Waals surface area contributed by atoms with Crippen LogP contribution in [-0.2, 0) is 17.1 Å². The molecule has 0 radical (unpaired) electrons. The maximum Gasteiger partial charge on any atom is 0.416 e. The van der Waals surface area contributed by atoms with Crippen LogP contribution >= 0.6 is 0 Å². The average molecular weight is 616 g/mol. The molecule has 3 aliphatic rings. The normalized spacial score (nSPS) is 24.6. The summed E-state index contributed by atoms with van der Waals surface area (Å²) >= 11 is 0. The molecule has 5 nitrogen and oxygen atoms in total. The van der Waals surface area contributed by atoms with Crippen molar-refractivity contribution >= 4 is 6.03 Å². The Labute approximate surface area is 246 Å². The summed E-state index contributed by atoms with van der Waals surface area (Å²) in [5.74, 6) is -0.0989. The van der Waals surface area contributed by atoms with Crippen LogP contribution in [0.3, 0.4) is 0 Å². The highest BCUT2D eigenvalue weighted by Gasteiger charge is 2.48. The first-order valence-corrected chi connectivity index (χ1v) is 14.6. The van der Waals surface area contributed by atoms with Gasteiger partial charge >= 0.3 is 18.4 Å². The number of amides is 2. The average Bonchev–Trinajstić information content (AvgIpc) is 3.40. The van der Waals surface area contributed by atoms with Crippen LogP contribution in [0.4, 0.5) is 35.5 Å². The molecule has 5 rings (SSSR count). The molecule has 2 aromatic carbocycles. The Morgan fingerprint density at radius 2 is 1.58 bits per heavy atom. The Kier molecular flexibility index (Phi) is 8.74. The maximum atomic E-state index is 14.1. The Hall–Kier alpha value is -2.86. The van der Waals surface area contributed by atoms with Gasteiger partial charge in [-0.1, -0.05) is 6.07 Å². The number of carbonyl (C=O) groups excluding carboxylic acids is 1. The van der Waals surface area contributed by atoms with Gasteiger partial charge in [-0.2, -0.15) is 26.3 Å². The van der Waals surface area contributed by atoms with Gasteiger partial charge in [-0.25, -0.2) is 9.18 Å². The first-order valence-electron chi connectivity index (χ1n) is 14.6. The number of fused-ring (bicyclic) bond motifs is 1. The molecular weight excluding hydrogens is 579 g/mol. The molecule has 0 saturated carbocycles. The van der Waals surface area contributed by atoms with E-state index in [1.165, 1.54) is 31.0 Å². The van der Waals surface area contributed by atoms with E-state index in [2.05, 4.69) is 4.90 Å². The number of benzene rings is 2. The molecule has 12 heteroatoms. The van der Waals surface area contributed by atoms with Crippen molar-refractivity contribution < 1.29 is 40.3 Å². The molecule has 3 aliphatic heterocycles. The third-order valence-corrected chi connectivity index (χ3v) is 9.48. The standard InChI is InChI=1S/C31H36F7N3O2/c1-18-12-24(32)4-5-26(18)28-27-17-40(25-7-10-43-11-8-25)16-20(27)6-9-41(28)29(42)39(3)19(2)21-13-22(30(33,34)35)15-23(14-21)31(36,37)38/h4-5,12-15,19-20,25,27-28H,6-11,16-17H2,1-3H3/t19-,20-,27-,28+/m1/s1. The molecule has 3 saturated heterocycles. The SMILES string of the molecule is Cc1cc(F)ccc1[C@H]1[C@@H]2CN(C3CCOCC3)C[C@H]2CCN1C(=O)N(C)[C@H](C)c1cc(C(F)(F)F)cc(C(F)(F)F)c1. The number of hydrogen-bond donors (Lipinski definition) is 0. The summed E-state index contributed by atoms with van der Waals surface area (Å²) in [5.41, 5.74) is -1.65. The lowest BCUT2D eigenvalue weighted by Crippen LogP contribution is -2.51. The fourth-order valence-electron chi connectivity index (χ4n) is 7.01. The van der Waals surface area contributed by atoms with E-state index in [-0.39, 0.29) is 23.5 Å². The Bertz CT molecular complexity index is 1290. The van der Waals surface area contributed by atoms with E-state index in [0.717, 1.165) is 31.5 Å². The van der Waals surface area contributed by atoms with E-state index >= 15 is 0 Å². The molecule has 0 unspecified atom stereocenters. The number of halogens is 7. The predicted molar refractivity (Wildman–Crippen MR) is 146 cm³/mol. The lowest BCUT2D eigenvalue weighted by Gasteiger charge is -2.45. The van der Waals surface area contributed by atoms with Crippen LogP contribution in [-0.4, -0.2) is 66.7 Å². The number of ether oxygens (including phenoxy) is 1. The van der Waals surface area contributed by atoms with Crippen LogP contribution in [0.2, 0.25) is 0 Å². The summed E-state index contributed by atoms with van der Waals surface area (Å²) in [4.78, 5) is 19.4. The van der Waals surface area contributed by atoms with Gasteiger partial charge in [-0.15, -0.1) is 0 Å². The van der Waals surface area contributed by atoms with E-state index in [0.29, 0.717) is 49.9 Å². The number of rotatable bonds is 4. The summed E-state index contributed by atoms with van der Waals surface area (Å²) in [6, 6.07) is 4.21. The summed E-state index contributed by atoms with van der Waals surface area (Å²) in [5, 5.41) is 0. The number of aryl methyl sites for hydroxylation is 1. The molecule has 0 N–H and O–H groups in total. The quantitative estimate of drug-likeness (QED) is 0.335. The summed E-state index contributed by atoms with van der Waals surface area (Å²) in [6.07, 6.45) is -7.45. The number of hydrogen-bond acceptors (Lipinski definition) is 3. The Morgan fingerprint density at radius 3 is 2.16 bits per heavy atom. The van der Waals surface area contributed by atoms with Crippen molar-refractivity contribution in [2.24, 2.45) is 11.8 Å². The number of alkyl halides is 6. The zero-order valence-electron chi connectivity index (χ0n) is 24.3. The summed E-state index contributed by atoms with van der Waals surface area (Å²) < 4.78 is 101. The second-order valence-corrected chi connectivity index (χ2v) is 12.1. The zero-order chi connectivity index (χ0) is 31.3. The van der Waals surface area contributed by atoms with Gasteiger partial charge in [-0.05, 0) is 86.1 Å². The topological polar surface area (TPSA) is 36.0 Å². The molecule has 3 fully saturated rings. The van der Waals surface area contributed by atoms with Gasteiger partial charge in [0.15, 0.2) is 0 Å². The third-order valence-electron chi connectivity index (χ3n) is 9.48. The number of likely N-dealkylation sites (tertiary alicyclic amines) is 2. The van der Waals surface area contributed by atoms with E-state index in [9.17, 15) is 35.5 Å². The first kappa shape index (κ1) is 31.6. The minimum atomic E-state index is -5.00. The van der Waals surface area contributed by atoms with Gasteiger partial charge in [0, 0.05) is 51.9 Å². The van der Waals surface area contributed by atoms with Crippen molar-refractivity contribution in [3.63, 3.8) is 0 Å². The Morgan fingerprint density at radius 1 is 0.953 bits per heavy atom. The van der Waals surface area contributed by atoms with Crippen molar-refractivity contribution in [3.8, 4) is 0 Å². The Balaban J connectivity index is 1.47. The van der Waals surface area contributed by atoms with Crippen LogP contribution in [0, 0.1) is 24.6 Å². The molecule has 0 aromatic heterocycles. The number of piperidine rings is 1. The molecule has 4 atom stereocenters. The van der Waals surface area contributed by atoms with Gasteiger partial charge in [0.2, 0.25) is 0 Å².